The van der Waals surface area contributed by atoms with Gasteiger partial charge < -0.3 is 15.3 Å². The summed E-state index contributed by atoms with van der Waals surface area (Å²) in [5, 5.41) is 13.5. The van der Waals surface area contributed by atoms with Crippen molar-refractivity contribution in [1.82, 2.24) is 10.2 Å². The Morgan fingerprint density at radius 1 is 1.42 bits per heavy atom. The number of aliphatic hydroxyl groups is 1. The van der Waals surface area contributed by atoms with Crippen LogP contribution in [0, 0.1) is 0 Å². The average molecular weight is 305 g/mol. The third kappa shape index (κ3) is 5.78. The number of hydrogen-bond acceptors (Lipinski definition) is 3. The lowest BCUT2D eigenvalue weighted by atomic mass is 10.1. The fourth-order valence-corrected chi connectivity index (χ4v) is 2.04. The first-order valence-electron chi connectivity index (χ1n) is 5.94. The number of aliphatic hydroxyl groups excluding tert-OH is 1. The van der Waals surface area contributed by atoms with Crippen LogP contribution in [-0.2, 0) is 4.79 Å². The lowest BCUT2D eigenvalue weighted by Gasteiger charge is -2.15. The van der Waals surface area contributed by atoms with Crippen molar-refractivity contribution in [3.05, 3.63) is 33.8 Å². The van der Waals surface area contributed by atoms with E-state index < -0.39 is 6.10 Å². The number of carbonyl (C=O) groups excluding carboxylic acids is 1. The van der Waals surface area contributed by atoms with Gasteiger partial charge in [-0.05, 0) is 26.2 Å². The maximum atomic E-state index is 11.5. The maximum Gasteiger partial charge on any atom is 0.221 e. The van der Waals surface area contributed by atoms with Gasteiger partial charge in [-0.1, -0.05) is 29.3 Å². The summed E-state index contributed by atoms with van der Waals surface area (Å²) in [6.07, 6.45) is -0.443. The Balaban J connectivity index is 2.46. The summed E-state index contributed by atoms with van der Waals surface area (Å²) in [7, 11) is 3.80. The fourth-order valence-electron chi connectivity index (χ4n) is 1.51. The highest BCUT2D eigenvalue weighted by Crippen LogP contribution is 2.25. The molecule has 0 radical (unpaired) electrons. The van der Waals surface area contributed by atoms with Crippen molar-refractivity contribution in [2.75, 3.05) is 27.2 Å². The number of benzene rings is 1. The number of halogens is 2. The standard InChI is InChI=1S/C13H18Cl2N2O2/c1-17(2)6-5-13(19)16-8-12(18)10-4-3-9(14)7-11(10)15/h3-4,7,12,18H,5-6,8H2,1-2H3,(H,16,19). The van der Waals surface area contributed by atoms with Gasteiger partial charge >= 0.3 is 0 Å². The van der Waals surface area contributed by atoms with E-state index in [1.165, 1.54) is 0 Å². The van der Waals surface area contributed by atoms with Crippen LogP contribution in [0.3, 0.4) is 0 Å². The largest absolute Gasteiger partial charge is 0.387 e. The Morgan fingerprint density at radius 2 is 2.11 bits per heavy atom. The Bertz CT molecular complexity index is 439. The molecule has 0 aliphatic heterocycles. The van der Waals surface area contributed by atoms with Gasteiger partial charge in [0.05, 0.1) is 6.10 Å². The molecule has 1 aromatic carbocycles. The molecule has 4 nitrogen and oxygen atoms in total. The molecule has 0 aliphatic rings. The van der Waals surface area contributed by atoms with Gasteiger partial charge in [-0.15, -0.1) is 0 Å². The maximum absolute atomic E-state index is 11.5. The van der Waals surface area contributed by atoms with Crippen LogP contribution in [-0.4, -0.2) is 43.1 Å². The highest BCUT2D eigenvalue weighted by Gasteiger charge is 2.13. The van der Waals surface area contributed by atoms with Crippen molar-refractivity contribution in [2.45, 2.75) is 12.5 Å². The molecule has 0 saturated carbocycles. The molecule has 0 spiro atoms. The number of hydrogen-bond donors (Lipinski definition) is 2. The van der Waals surface area contributed by atoms with Crippen LogP contribution in [0.1, 0.15) is 18.1 Å². The van der Waals surface area contributed by atoms with Crippen molar-refractivity contribution in [3.8, 4) is 0 Å². The van der Waals surface area contributed by atoms with E-state index in [1.807, 2.05) is 19.0 Å². The second-order valence-corrected chi connectivity index (χ2v) is 5.38. The zero-order valence-electron chi connectivity index (χ0n) is 11.0. The van der Waals surface area contributed by atoms with Crippen molar-refractivity contribution < 1.29 is 9.90 Å². The minimum Gasteiger partial charge on any atom is -0.387 e. The first-order chi connectivity index (χ1) is 8.90. The SMILES string of the molecule is CN(C)CCC(=O)NCC(O)c1ccc(Cl)cc1Cl. The summed E-state index contributed by atoms with van der Waals surface area (Å²) >= 11 is 11.8. The lowest BCUT2D eigenvalue weighted by molar-refractivity contribution is -0.121. The topological polar surface area (TPSA) is 52.6 Å². The van der Waals surface area contributed by atoms with Crippen molar-refractivity contribution in [2.24, 2.45) is 0 Å². The highest BCUT2D eigenvalue weighted by molar-refractivity contribution is 6.35. The smallest absolute Gasteiger partial charge is 0.221 e. The van der Waals surface area contributed by atoms with E-state index in [4.69, 9.17) is 23.2 Å². The zero-order valence-corrected chi connectivity index (χ0v) is 12.5. The van der Waals surface area contributed by atoms with E-state index in [2.05, 4.69) is 5.32 Å². The van der Waals surface area contributed by atoms with Gasteiger partial charge in [0, 0.05) is 35.1 Å². The van der Waals surface area contributed by atoms with Crippen LogP contribution < -0.4 is 5.32 Å². The molecule has 106 valence electrons. The van der Waals surface area contributed by atoms with E-state index >= 15 is 0 Å². The Morgan fingerprint density at radius 3 is 2.68 bits per heavy atom. The summed E-state index contributed by atoms with van der Waals surface area (Å²) in [5.41, 5.74) is 0.555. The van der Waals surface area contributed by atoms with E-state index in [-0.39, 0.29) is 12.5 Å². The second-order valence-electron chi connectivity index (χ2n) is 4.54. The van der Waals surface area contributed by atoms with Crippen LogP contribution >= 0.6 is 23.2 Å². The third-order valence-electron chi connectivity index (χ3n) is 2.60. The number of nitrogens with zero attached hydrogens (tertiary/aromatic N) is 1. The molecule has 1 atom stereocenters. The van der Waals surface area contributed by atoms with E-state index in [1.54, 1.807) is 18.2 Å². The number of amides is 1. The van der Waals surface area contributed by atoms with Crippen molar-refractivity contribution in [3.63, 3.8) is 0 Å². The highest BCUT2D eigenvalue weighted by atomic mass is 35.5. The summed E-state index contributed by atoms with van der Waals surface area (Å²) in [6.45, 7) is 0.803. The molecule has 0 fully saturated rings. The molecule has 0 saturated heterocycles. The second kappa shape index (κ2) is 7.70. The summed E-state index contributed by atoms with van der Waals surface area (Å²) < 4.78 is 0. The van der Waals surface area contributed by atoms with E-state index in [9.17, 15) is 9.90 Å². The number of carbonyl (C=O) groups is 1. The average Bonchev–Trinajstić information content (AvgIpc) is 2.33. The summed E-state index contributed by atoms with van der Waals surface area (Å²) in [5.74, 6) is -0.0992. The first kappa shape index (κ1) is 16.2. The third-order valence-corrected chi connectivity index (χ3v) is 3.16. The molecule has 1 aromatic rings. The van der Waals surface area contributed by atoms with Gasteiger partial charge in [-0.25, -0.2) is 0 Å². The Labute approximate surface area is 123 Å². The molecular weight excluding hydrogens is 287 g/mol. The number of nitrogens with one attached hydrogen (secondary N) is 1. The van der Waals surface area contributed by atoms with Crippen LogP contribution in [0.2, 0.25) is 10.0 Å². The van der Waals surface area contributed by atoms with Gasteiger partial charge in [-0.2, -0.15) is 0 Å². The predicted molar refractivity (Wildman–Crippen MR) is 77.6 cm³/mol. The Hall–Kier alpha value is -0.810. The molecule has 1 unspecified atom stereocenters. The molecule has 1 rings (SSSR count). The first-order valence-corrected chi connectivity index (χ1v) is 6.70. The van der Waals surface area contributed by atoms with Gasteiger partial charge in [-0.3, -0.25) is 4.79 Å². The molecule has 0 heterocycles. The quantitative estimate of drug-likeness (QED) is 0.846. The molecule has 1 amide bonds. The molecule has 0 bridgehead atoms. The monoisotopic (exact) mass is 304 g/mol. The van der Waals surface area contributed by atoms with E-state index in [0.29, 0.717) is 28.6 Å². The van der Waals surface area contributed by atoms with Crippen molar-refractivity contribution in [1.29, 1.82) is 0 Å². The molecule has 2 N–H and O–H groups in total. The Kier molecular flexibility index (Phi) is 6.58. The van der Waals surface area contributed by atoms with Gasteiger partial charge in [0.2, 0.25) is 5.91 Å². The van der Waals surface area contributed by atoms with Gasteiger partial charge in [0.15, 0.2) is 0 Å². The summed E-state index contributed by atoms with van der Waals surface area (Å²) in [4.78, 5) is 13.4. The molecule has 0 aromatic heterocycles. The fraction of sp³-hybridized carbons (Fsp3) is 0.462. The van der Waals surface area contributed by atoms with Crippen LogP contribution in [0.4, 0.5) is 0 Å². The summed E-state index contributed by atoms with van der Waals surface area (Å²) in [6, 6.07) is 4.87. The van der Waals surface area contributed by atoms with E-state index in [0.717, 1.165) is 0 Å². The minimum atomic E-state index is -0.840. The normalized spacial score (nSPS) is 12.5. The van der Waals surface area contributed by atoms with Crippen LogP contribution in [0.5, 0.6) is 0 Å². The predicted octanol–water partition coefficient (Wildman–Crippen LogP) is 2.09. The van der Waals surface area contributed by atoms with Crippen LogP contribution in [0.25, 0.3) is 0 Å². The van der Waals surface area contributed by atoms with Crippen molar-refractivity contribution >= 4 is 29.1 Å². The minimum absolute atomic E-state index is 0.0992. The van der Waals surface area contributed by atoms with Crippen LogP contribution in [0.15, 0.2) is 18.2 Å². The lowest BCUT2D eigenvalue weighted by Crippen LogP contribution is -2.30. The molecule has 6 heteroatoms. The van der Waals surface area contributed by atoms with Gasteiger partial charge in [0.1, 0.15) is 0 Å². The molecule has 0 aliphatic carbocycles. The molecule has 19 heavy (non-hydrogen) atoms. The molecular formula is C13H18Cl2N2O2. The number of rotatable bonds is 6. The zero-order chi connectivity index (χ0) is 14.4. The van der Waals surface area contributed by atoms with Gasteiger partial charge in [0.25, 0.3) is 0 Å².